The van der Waals surface area contributed by atoms with Crippen LogP contribution in [-0.4, -0.2) is 30.3 Å². The zero-order chi connectivity index (χ0) is 18.2. The van der Waals surface area contributed by atoms with Crippen LogP contribution in [0.5, 0.6) is 0 Å². The second-order valence-electron chi connectivity index (χ2n) is 6.02. The number of unbranched alkanes of at least 4 members (excludes halogenated alkanes) is 1. The molecule has 2 aromatic carbocycles. The number of carbonyl (C=O) groups is 2. The summed E-state index contributed by atoms with van der Waals surface area (Å²) < 4.78 is 12.9. The number of hydrogen-bond donors (Lipinski definition) is 1. The molecule has 0 aliphatic carbocycles. The molecule has 0 aliphatic rings. The summed E-state index contributed by atoms with van der Waals surface area (Å²) in [5.74, 6) is -0.911. The molecule has 2 rings (SSSR count). The molecule has 2 amide bonds. The first-order valence-corrected chi connectivity index (χ1v) is 8.39. The van der Waals surface area contributed by atoms with Crippen LogP contribution in [0.15, 0.2) is 48.5 Å². The summed E-state index contributed by atoms with van der Waals surface area (Å²) in [6, 6.07) is 13.0. The van der Waals surface area contributed by atoms with E-state index < -0.39 is 0 Å². The Kier molecular flexibility index (Phi) is 6.69. The lowest BCUT2D eigenvalue weighted by atomic mass is 10.1. The molecule has 0 fully saturated rings. The van der Waals surface area contributed by atoms with E-state index in [4.69, 9.17) is 0 Å². The van der Waals surface area contributed by atoms with Crippen molar-refractivity contribution in [2.75, 3.05) is 18.9 Å². The number of rotatable bonds is 7. The van der Waals surface area contributed by atoms with Gasteiger partial charge >= 0.3 is 0 Å². The van der Waals surface area contributed by atoms with Crippen LogP contribution in [-0.2, 0) is 11.2 Å². The van der Waals surface area contributed by atoms with E-state index in [0.717, 1.165) is 19.3 Å². The van der Waals surface area contributed by atoms with Crippen LogP contribution in [0.1, 0.15) is 35.7 Å². The van der Waals surface area contributed by atoms with Crippen LogP contribution in [0, 0.1) is 5.82 Å². The van der Waals surface area contributed by atoms with Gasteiger partial charge in [-0.2, -0.15) is 0 Å². The van der Waals surface area contributed by atoms with Crippen LogP contribution in [0.3, 0.4) is 0 Å². The van der Waals surface area contributed by atoms with Crippen molar-refractivity contribution >= 4 is 17.5 Å². The maximum atomic E-state index is 12.9. The molecular weight excluding hydrogens is 319 g/mol. The number of likely N-dealkylation sites (N-methyl/N-ethyl adjacent to an activating group) is 1. The maximum Gasteiger partial charge on any atom is 0.254 e. The van der Waals surface area contributed by atoms with E-state index in [0.29, 0.717) is 11.3 Å². The zero-order valence-electron chi connectivity index (χ0n) is 14.6. The minimum absolute atomic E-state index is 0.0756. The van der Waals surface area contributed by atoms with Gasteiger partial charge in [0.2, 0.25) is 5.91 Å². The zero-order valence-corrected chi connectivity index (χ0v) is 14.6. The number of aryl methyl sites for hydroxylation is 1. The third-order valence-corrected chi connectivity index (χ3v) is 3.88. The fraction of sp³-hybridized carbons (Fsp3) is 0.300. The second-order valence-corrected chi connectivity index (χ2v) is 6.02. The van der Waals surface area contributed by atoms with Crippen molar-refractivity contribution in [3.05, 3.63) is 65.5 Å². The fourth-order valence-corrected chi connectivity index (χ4v) is 2.44. The van der Waals surface area contributed by atoms with Crippen molar-refractivity contribution < 1.29 is 14.0 Å². The van der Waals surface area contributed by atoms with Gasteiger partial charge in [0.1, 0.15) is 5.82 Å². The van der Waals surface area contributed by atoms with E-state index in [9.17, 15) is 14.0 Å². The summed E-state index contributed by atoms with van der Waals surface area (Å²) in [7, 11) is 1.58. The van der Waals surface area contributed by atoms with E-state index in [1.54, 1.807) is 19.2 Å². The minimum Gasteiger partial charge on any atom is -0.332 e. The first kappa shape index (κ1) is 18.6. The van der Waals surface area contributed by atoms with Gasteiger partial charge in [0, 0.05) is 18.3 Å². The van der Waals surface area contributed by atoms with Crippen LogP contribution in [0.4, 0.5) is 10.1 Å². The third kappa shape index (κ3) is 5.71. The highest BCUT2D eigenvalue weighted by Gasteiger charge is 2.15. The van der Waals surface area contributed by atoms with Crippen molar-refractivity contribution in [1.29, 1.82) is 0 Å². The molecule has 0 spiro atoms. The monoisotopic (exact) mass is 342 g/mol. The number of benzene rings is 2. The Morgan fingerprint density at radius 1 is 1.04 bits per heavy atom. The molecule has 0 saturated carbocycles. The lowest BCUT2D eigenvalue weighted by Gasteiger charge is -2.17. The van der Waals surface area contributed by atoms with Crippen molar-refractivity contribution in [3.63, 3.8) is 0 Å². The normalized spacial score (nSPS) is 10.4. The number of anilines is 1. The van der Waals surface area contributed by atoms with E-state index in [1.807, 2.05) is 12.1 Å². The van der Waals surface area contributed by atoms with Crippen LogP contribution >= 0.6 is 0 Å². The molecule has 0 unspecified atom stereocenters. The van der Waals surface area contributed by atoms with Crippen molar-refractivity contribution in [2.45, 2.75) is 26.2 Å². The Morgan fingerprint density at radius 3 is 2.28 bits per heavy atom. The van der Waals surface area contributed by atoms with Gasteiger partial charge in [-0.1, -0.05) is 25.5 Å². The summed E-state index contributed by atoms with van der Waals surface area (Å²) in [5.41, 5.74) is 2.25. The predicted molar refractivity (Wildman–Crippen MR) is 97.0 cm³/mol. The Labute approximate surface area is 147 Å². The molecule has 2 aromatic rings. The average molecular weight is 342 g/mol. The third-order valence-electron chi connectivity index (χ3n) is 3.88. The molecule has 25 heavy (non-hydrogen) atoms. The lowest BCUT2D eigenvalue weighted by Crippen LogP contribution is -2.34. The van der Waals surface area contributed by atoms with Gasteiger partial charge in [-0.25, -0.2) is 4.39 Å². The largest absolute Gasteiger partial charge is 0.332 e. The highest BCUT2D eigenvalue weighted by Crippen LogP contribution is 2.11. The molecule has 5 heteroatoms. The van der Waals surface area contributed by atoms with Gasteiger partial charge in [-0.05, 0) is 54.8 Å². The van der Waals surface area contributed by atoms with Crippen LogP contribution in [0.2, 0.25) is 0 Å². The average Bonchev–Trinajstić information content (AvgIpc) is 2.61. The lowest BCUT2D eigenvalue weighted by molar-refractivity contribution is -0.116. The number of halogens is 1. The summed E-state index contributed by atoms with van der Waals surface area (Å²) in [5, 5.41) is 2.64. The van der Waals surface area contributed by atoms with Crippen LogP contribution in [0.25, 0.3) is 0 Å². The first-order chi connectivity index (χ1) is 12.0. The Bertz CT molecular complexity index is 711. The molecule has 4 nitrogen and oxygen atoms in total. The van der Waals surface area contributed by atoms with Gasteiger partial charge in [0.05, 0.1) is 6.54 Å². The van der Waals surface area contributed by atoms with Gasteiger partial charge in [-0.15, -0.1) is 0 Å². The van der Waals surface area contributed by atoms with Crippen molar-refractivity contribution in [2.24, 2.45) is 0 Å². The van der Waals surface area contributed by atoms with Gasteiger partial charge < -0.3 is 10.2 Å². The van der Waals surface area contributed by atoms with Gasteiger partial charge in [0.15, 0.2) is 0 Å². The molecule has 1 N–H and O–H groups in total. The molecule has 132 valence electrons. The smallest absolute Gasteiger partial charge is 0.254 e. The summed E-state index contributed by atoms with van der Waals surface area (Å²) in [6.07, 6.45) is 3.25. The van der Waals surface area contributed by atoms with Gasteiger partial charge in [-0.3, -0.25) is 9.59 Å². The van der Waals surface area contributed by atoms with E-state index in [1.165, 1.54) is 34.7 Å². The van der Waals surface area contributed by atoms with E-state index in [2.05, 4.69) is 12.2 Å². The fourth-order valence-electron chi connectivity index (χ4n) is 2.44. The van der Waals surface area contributed by atoms with Crippen molar-refractivity contribution in [1.82, 2.24) is 4.90 Å². The molecular formula is C20H23FN2O2. The Balaban J connectivity index is 1.90. The topological polar surface area (TPSA) is 49.4 Å². The molecule has 0 aliphatic heterocycles. The standard InChI is InChI=1S/C20H23FN2O2/c1-3-4-5-15-6-8-16(9-7-15)20(25)23(2)14-19(24)22-18-12-10-17(21)11-13-18/h6-13H,3-5,14H2,1-2H3,(H,22,24). The quantitative estimate of drug-likeness (QED) is 0.830. The highest BCUT2D eigenvalue weighted by atomic mass is 19.1. The number of nitrogens with zero attached hydrogens (tertiary/aromatic N) is 1. The molecule has 0 heterocycles. The number of amides is 2. The van der Waals surface area contributed by atoms with Crippen molar-refractivity contribution in [3.8, 4) is 0 Å². The Morgan fingerprint density at radius 2 is 1.68 bits per heavy atom. The Hall–Kier alpha value is -2.69. The van der Waals surface area contributed by atoms with E-state index in [-0.39, 0.29) is 24.2 Å². The molecule has 0 atom stereocenters. The minimum atomic E-state index is -0.368. The molecule has 0 radical (unpaired) electrons. The molecule has 0 aromatic heterocycles. The highest BCUT2D eigenvalue weighted by molar-refractivity contribution is 5.99. The van der Waals surface area contributed by atoms with Gasteiger partial charge in [0.25, 0.3) is 5.91 Å². The summed E-state index contributed by atoms with van der Waals surface area (Å²) in [6.45, 7) is 2.07. The maximum absolute atomic E-state index is 12.9. The van der Waals surface area contributed by atoms with Crippen LogP contribution < -0.4 is 5.32 Å². The molecule has 0 saturated heterocycles. The second kappa shape index (κ2) is 8.97. The molecule has 0 bridgehead atoms. The number of hydrogen-bond acceptors (Lipinski definition) is 2. The number of carbonyl (C=O) groups excluding carboxylic acids is 2. The summed E-state index contributed by atoms with van der Waals surface area (Å²) in [4.78, 5) is 25.8. The summed E-state index contributed by atoms with van der Waals surface area (Å²) >= 11 is 0. The number of nitrogens with one attached hydrogen (secondary N) is 1. The predicted octanol–water partition coefficient (Wildman–Crippen LogP) is 3.88. The van der Waals surface area contributed by atoms with E-state index >= 15 is 0 Å². The first-order valence-electron chi connectivity index (χ1n) is 8.39. The SMILES string of the molecule is CCCCc1ccc(C(=O)N(C)CC(=O)Nc2ccc(F)cc2)cc1.